The molecule has 12 heteroatoms. The molecule has 1 amide bonds. The highest BCUT2D eigenvalue weighted by Gasteiger charge is 2.31. The number of nitrogens with zero attached hydrogens (tertiary/aromatic N) is 2. The maximum atomic E-state index is 13.2. The zero-order chi connectivity index (χ0) is 24.0. The van der Waals surface area contributed by atoms with Crippen LogP contribution < -0.4 is 15.8 Å². The van der Waals surface area contributed by atoms with Gasteiger partial charge in [-0.15, -0.1) is 0 Å². The normalized spacial score (nSPS) is 16.0. The molecule has 1 aliphatic rings. The number of imidazole rings is 1. The molecule has 0 spiro atoms. The fourth-order valence-corrected chi connectivity index (χ4v) is 5.59. The first-order valence-corrected chi connectivity index (χ1v) is 13.2. The van der Waals surface area contributed by atoms with Crippen LogP contribution in [0.15, 0.2) is 29.4 Å². The Bertz CT molecular complexity index is 1020. The van der Waals surface area contributed by atoms with Crippen molar-refractivity contribution >= 4 is 50.8 Å². The summed E-state index contributed by atoms with van der Waals surface area (Å²) in [5, 5.41) is 3.23. The van der Waals surface area contributed by atoms with Crippen LogP contribution in [0, 0.1) is 5.92 Å². The molecule has 1 atom stereocenters. The van der Waals surface area contributed by atoms with Crippen LogP contribution in [0.1, 0.15) is 39.0 Å². The van der Waals surface area contributed by atoms with E-state index >= 15 is 0 Å². The summed E-state index contributed by atoms with van der Waals surface area (Å²) in [5.74, 6) is 1.01. The second kappa shape index (κ2) is 11.4. The second-order valence-corrected chi connectivity index (χ2v) is 10.9. The average molecular weight is 517 g/mol. The number of nitrogens with two attached hydrogens (primary N) is 1. The largest absolute Gasteiger partial charge is 0.396 e. The van der Waals surface area contributed by atoms with E-state index in [0.29, 0.717) is 44.3 Å². The summed E-state index contributed by atoms with van der Waals surface area (Å²) in [6, 6.07) is 1.59. The summed E-state index contributed by atoms with van der Waals surface area (Å²) < 4.78 is 28.7. The fraction of sp³-hybridized carbons (Fsp3) is 0.524. The standard InChI is InChI=1S/C21H30Cl2N6O3S/c1-14-5-10-29(11-6-14)20(30)18(4-2-3-7-25-21-26-8-9-27-21)28-33(31,32)15-12-16(22)19(24)17(23)13-15/h8-9,12-14,18,28H,2-7,10-11,24H2,1H3,(H2,25,26,27)/t18-/m1/s1. The van der Waals surface area contributed by atoms with Gasteiger partial charge in [-0.05, 0) is 50.2 Å². The lowest BCUT2D eigenvalue weighted by Crippen LogP contribution is -2.50. The summed E-state index contributed by atoms with van der Waals surface area (Å²) in [5.41, 5.74) is 5.84. The van der Waals surface area contributed by atoms with Crippen molar-refractivity contribution in [1.82, 2.24) is 19.6 Å². The third-order valence-electron chi connectivity index (χ3n) is 5.76. The number of amides is 1. The molecule has 0 radical (unpaired) electrons. The van der Waals surface area contributed by atoms with Gasteiger partial charge in [0.25, 0.3) is 0 Å². The number of anilines is 2. The van der Waals surface area contributed by atoms with Gasteiger partial charge in [-0.3, -0.25) is 4.79 Å². The Hall–Kier alpha value is -2.01. The Labute approximate surface area is 204 Å². The lowest BCUT2D eigenvalue weighted by atomic mass is 9.98. The van der Waals surface area contributed by atoms with E-state index in [9.17, 15) is 13.2 Å². The third kappa shape index (κ3) is 6.99. The topological polar surface area (TPSA) is 133 Å². The van der Waals surface area contributed by atoms with E-state index in [2.05, 4.69) is 26.9 Å². The van der Waals surface area contributed by atoms with Crippen molar-refractivity contribution in [2.75, 3.05) is 30.7 Å². The van der Waals surface area contributed by atoms with E-state index in [4.69, 9.17) is 28.9 Å². The van der Waals surface area contributed by atoms with Crippen LogP contribution in [-0.4, -0.2) is 54.9 Å². The molecule has 0 unspecified atom stereocenters. The highest BCUT2D eigenvalue weighted by Crippen LogP contribution is 2.31. The maximum Gasteiger partial charge on any atom is 0.241 e. The molecule has 9 nitrogen and oxygen atoms in total. The Morgan fingerprint density at radius 1 is 1.27 bits per heavy atom. The predicted octanol–water partition coefficient (Wildman–Crippen LogP) is 3.49. The van der Waals surface area contributed by atoms with E-state index < -0.39 is 16.1 Å². The van der Waals surface area contributed by atoms with Crippen molar-refractivity contribution in [2.24, 2.45) is 5.92 Å². The number of rotatable bonds is 10. The molecule has 0 saturated carbocycles. The number of carbonyl (C=O) groups excluding carboxylic acids is 1. The number of nitrogens with one attached hydrogen (secondary N) is 3. The number of halogens is 2. The minimum absolute atomic E-state index is 0.0415. The van der Waals surface area contributed by atoms with Gasteiger partial charge < -0.3 is 20.9 Å². The molecule has 0 bridgehead atoms. The summed E-state index contributed by atoms with van der Waals surface area (Å²) in [7, 11) is -4.05. The SMILES string of the molecule is CC1CCN(C(=O)[C@@H](CCCCNc2ncc[nH]2)NS(=O)(=O)c2cc(Cl)c(N)c(Cl)c2)CC1. The number of likely N-dealkylation sites (tertiary alicyclic amines) is 1. The second-order valence-electron chi connectivity index (χ2n) is 8.34. The molecular formula is C21H30Cl2N6O3S. The molecular weight excluding hydrogens is 487 g/mol. The molecule has 1 aromatic carbocycles. The predicted molar refractivity (Wildman–Crippen MR) is 131 cm³/mol. The van der Waals surface area contributed by atoms with Gasteiger partial charge in [0.1, 0.15) is 6.04 Å². The number of benzene rings is 1. The van der Waals surface area contributed by atoms with Crippen LogP contribution in [0.25, 0.3) is 0 Å². The zero-order valence-corrected chi connectivity index (χ0v) is 20.8. The molecule has 33 heavy (non-hydrogen) atoms. The van der Waals surface area contributed by atoms with Crippen molar-refractivity contribution in [1.29, 1.82) is 0 Å². The van der Waals surface area contributed by atoms with Gasteiger partial charge in [-0.25, -0.2) is 13.4 Å². The number of aromatic nitrogens is 2. The molecule has 1 saturated heterocycles. The molecule has 182 valence electrons. The fourth-order valence-electron chi connectivity index (χ4n) is 3.70. The number of aromatic amines is 1. The lowest BCUT2D eigenvalue weighted by molar-refractivity contribution is -0.134. The Balaban J connectivity index is 1.69. The van der Waals surface area contributed by atoms with Crippen LogP contribution in [0.4, 0.5) is 11.6 Å². The van der Waals surface area contributed by atoms with E-state index in [1.165, 1.54) is 12.1 Å². The molecule has 3 rings (SSSR count). The molecule has 1 fully saturated rings. The van der Waals surface area contributed by atoms with Crippen molar-refractivity contribution < 1.29 is 13.2 Å². The molecule has 0 aliphatic carbocycles. The zero-order valence-electron chi connectivity index (χ0n) is 18.5. The van der Waals surface area contributed by atoms with Crippen LogP contribution in [0.2, 0.25) is 10.0 Å². The first kappa shape index (κ1) is 25.6. The summed E-state index contributed by atoms with van der Waals surface area (Å²) in [4.78, 5) is 21.9. The summed E-state index contributed by atoms with van der Waals surface area (Å²) >= 11 is 12.1. The van der Waals surface area contributed by atoms with Crippen LogP contribution in [-0.2, 0) is 14.8 Å². The van der Waals surface area contributed by atoms with Crippen LogP contribution >= 0.6 is 23.2 Å². The van der Waals surface area contributed by atoms with E-state index in [1.807, 2.05) is 0 Å². The number of unbranched alkanes of at least 4 members (excludes halogenated alkanes) is 1. The first-order chi connectivity index (χ1) is 15.7. The van der Waals surface area contributed by atoms with Gasteiger partial charge >= 0.3 is 0 Å². The van der Waals surface area contributed by atoms with Gasteiger partial charge in [-0.1, -0.05) is 30.1 Å². The Kier molecular flexibility index (Phi) is 8.86. The van der Waals surface area contributed by atoms with Crippen LogP contribution in [0.3, 0.4) is 0 Å². The van der Waals surface area contributed by atoms with E-state index in [-0.39, 0.29) is 26.5 Å². The number of piperidine rings is 1. The van der Waals surface area contributed by atoms with Crippen molar-refractivity contribution in [2.45, 2.75) is 50.0 Å². The van der Waals surface area contributed by atoms with Crippen molar-refractivity contribution in [3.63, 3.8) is 0 Å². The molecule has 2 heterocycles. The van der Waals surface area contributed by atoms with Gasteiger partial charge in [0.2, 0.25) is 15.9 Å². The number of carbonyl (C=O) groups is 1. The Morgan fingerprint density at radius 2 is 1.94 bits per heavy atom. The third-order valence-corrected chi connectivity index (χ3v) is 7.84. The summed E-state index contributed by atoms with van der Waals surface area (Å²) in [6.45, 7) is 4.05. The minimum atomic E-state index is -4.05. The summed E-state index contributed by atoms with van der Waals surface area (Å²) in [6.07, 6.45) is 6.92. The minimum Gasteiger partial charge on any atom is -0.396 e. The van der Waals surface area contributed by atoms with Crippen LogP contribution in [0.5, 0.6) is 0 Å². The lowest BCUT2D eigenvalue weighted by Gasteiger charge is -2.33. The highest BCUT2D eigenvalue weighted by molar-refractivity contribution is 7.89. The quantitative estimate of drug-likeness (QED) is 0.282. The number of hydrogen-bond donors (Lipinski definition) is 4. The average Bonchev–Trinajstić information content (AvgIpc) is 3.29. The van der Waals surface area contributed by atoms with Crippen molar-refractivity contribution in [3.8, 4) is 0 Å². The van der Waals surface area contributed by atoms with Gasteiger partial charge in [0.05, 0.1) is 20.6 Å². The Morgan fingerprint density at radius 3 is 2.55 bits per heavy atom. The van der Waals surface area contributed by atoms with E-state index in [0.717, 1.165) is 19.3 Å². The molecule has 1 aromatic heterocycles. The van der Waals surface area contributed by atoms with Gasteiger partial charge in [0.15, 0.2) is 5.95 Å². The number of sulfonamides is 1. The van der Waals surface area contributed by atoms with E-state index in [1.54, 1.807) is 17.3 Å². The molecule has 2 aromatic rings. The van der Waals surface area contributed by atoms with Crippen molar-refractivity contribution in [3.05, 3.63) is 34.6 Å². The van der Waals surface area contributed by atoms with Gasteiger partial charge in [0, 0.05) is 32.0 Å². The molecule has 1 aliphatic heterocycles. The maximum absolute atomic E-state index is 13.2. The molecule has 5 N–H and O–H groups in total. The first-order valence-electron chi connectivity index (χ1n) is 11.0. The van der Waals surface area contributed by atoms with Gasteiger partial charge in [-0.2, -0.15) is 4.72 Å². The highest BCUT2D eigenvalue weighted by atomic mass is 35.5. The number of nitrogen functional groups attached to an aromatic ring is 1. The monoisotopic (exact) mass is 516 g/mol. The smallest absolute Gasteiger partial charge is 0.241 e. The number of hydrogen-bond acceptors (Lipinski definition) is 6. The number of H-pyrrole nitrogens is 1.